The van der Waals surface area contributed by atoms with Gasteiger partial charge in [-0.3, -0.25) is 4.79 Å². The van der Waals surface area contributed by atoms with Crippen molar-refractivity contribution in [1.29, 1.82) is 0 Å². The molecule has 2 aromatic rings. The van der Waals surface area contributed by atoms with Crippen LogP contribution in [0.1, 0.15) is 18.5 Å². The zero-order valence-electron chi connectivity index (χ0n) is 11.3. The summed E-state index contributed by atoms with van der Waals surface area (Å²) in [5.41, 5.74) is 1.58. The van der Waals surface area contributed by atoms with Crippen LogP contribution in [-0.4, -0.2) is 12.5 Å². The van der Waals surface area contributed by atoms with E-state index >= 15 is 0 Å². The van der Waals surface area contributed by atoms with E-state index in [-0.39, 0.29) is 24.3 Å². The summed E-state index contributed by atoms with van der Waals surface area (Å²) in [6.07, 6.45) is 0. The van der Waals surface area contributed by atoms with Gasteiger partial charge >= 0.3 is 0 Å². The van der Waals surface area contributed by atoms with E-state index in [1.54, 1.807) is 12.1 Å². The quantitative estimate of drug-likeness (QED) is 0.878. The molecule has 0 aliphatic carbocycles. The minimum absolute atomic E-state index is 0.0782. The zero-order chi connectivity index (χ0) is 14.4. The molecule has 0 radical (unpaired) electrons. The van der Waals surface area contributed by atoms with Crippen molar-refractivity contribution in [3.8, 4) is 0 Å². The van der Waals surface area contributed by atoms with Gasteiger partial charge in [0.25, 0.3) is 0 Å². The Morgan fingerprint density at radius 1 is 1.15 bits per heavy atom. The van der Waals surface area contributed by atoms with E-state index < -0.39 is 0 Å². The Labute approximate surface area is 117 Å². The van der Waals surface area contributed by atoms with Crippen LogP contribution in [0.5, 0.6) is 0 Å². The van der Waals surface area contributed by atoms with Gasteiger partial charge in [-0.15, -0.1) is 0 Å². The van der Waals surface area contributed by atoms with E-state index in [2.05, 4.69) is 10.6 Å². The van der Waals surface area contributed by atoms with Crippen molar-refractivity contribution in [1.82, 2.24) is 5.32 Å². The van der Waals surface area contributed by atoms with Gasteiger partial charge in [-0.05, 0) is 30.7 Å². The number of rotatable bonds is 5. The van der Waals surface area contributed by atoms with Gasteiger partial charge in [0.15, 0.2) is 0 Å². The van der Waals surface area contributed by atoms with Crippen LogP contribution >= 0.6 is 0 Å². The van der Waals surface area contributed by atoms with Crippen molar-refractivity contribution in [3.05, 3.63) is 66.0 Å². The van der Waals surface area contributed by atoms with Crippen molar-refractivity contribution in [3.63, 3.8) is 0 Å². The lowest BCUT2D eigenvalue weighted by molar-refractivity contribution is -0.115. The summed E-state index contributed by atoms with van der Waals surface area (Å²) in [5.74, 6) is -0.563. The number of anilines is 1. The van der Waals surface area contributed by atoms with Crippen LogP contribution in [0.3, 0.4) is 0 Å². The first-order valence-electron chi connectivity index (χ1n) is 6.49. The average Bonchev–Trinajstić information content (AvgIpc) is 2.46. The molecule has 0 bridgehead atoms. The molecular formula is C16H17FN2O. The molecule has 0 aliphatic rings. The lowest BCUT2D eigenvalue weighted by Gasteiger charge is -2.14. The van der Waals surface area contributed by atoms with Crippen molar-refractivity contribution < 1.29 is 9.18 Å². The van der Waals surface area contributed by atoms with Gasteiger partial charge in [-0.2, -0.15) is 0 Å². The molecular weight excluding hydrogens is 255 g/mol. The molecule has 2 aromatic carbocycles. The Kier molecular flexibility index (Phi) is 4.85. The normalized spacial score (nSPS) is 11.9. The fourth-order valence-electron chi connectivity index (χ4n) is 1.88. The van der Waals surface area contributed by atoms with Gasteiger partial charge in [-0.25, -0.2) is 4.39 Å². The minimum Gasteiger partial charge on any atom is -0.325 e. The number of halogens is 1. The maximum absolute atomic E-state index is 13.0. The van der Waals surface area contributed by atoms with Gasteiger partial charge in [0.05, 0.1) is 6.54 Å². The van der Waals surface area contributed by atoms with Gasteiger partial charge in [0, 0.05) is 11.7 Å². The Bertz CT molecular complexity index is 572. The van der Waals surface area contributed by atoms with Crippen LogP contribution in [0, 0.1) is 5.82 Å². The first-order valence-corrected chi connectivity index (χ1v) is 6.49. The molecule has 0 saturated heterocycles. The fraction of sp³-hybridized carbons (Fsp3) is 0.188. The second-order valence-electron chi connectivity index (χ2n) is 4.57. The van der Waals surface area contributed by atoms with E-state index in [0.717, 1.165) is 5.56 Å². The van der Waals surface area contributed by atoms with Crippen molar-refractivity contribution in [2.24, 2.45) is 0 Å². The number of carbonyl (C=O) groups excluding carboxylic acids is 1. The molecule has 0 spiro atoms. The molecule has 0 aliphatic heterocycles. The molecule has 0 unspecified atom stereocenters. The van der Waals surface area contributed by atoms with E-state index in [4.69, 9.17) is 0 Å². The average molecular weight is 272 g/mol. The predicted molar refractivity (Wildman–Crippen MR) is 77.9 cm³/mol. The largest absolute Gasteiger partial charge is 0.325 e. The number of hydrogen-bond acceptors (Lipinski definition) is 2. The summed E-state index contributed by atoms with van der Waals surface area (Å²) in [6.45, 7) is 2.16. The maximum Gasteiger partial charge on any atom is 0.238 e. The molecule has 104 valence electrons. The molecule has 1 atom stereocenters. The molecule has 2 rings (SSSR count). The van der Waals surface area contributed by atoms with Crippen LogP contribution in [0.25, 0.3) is 0 Å². The molecule has 4 heteroatoms. The highest BCUT2D eigenvalue weighted by Crippen LogP contribution is 2.11. The molecule has 20 heavy (non-hydrogen) atoms. The van der Waals surface area contributed by atoms with Crippen LogP contribution in [0.2, 0.25) is 0 Å². The number of amides is 1. The summed E-state index contributed by atoms with van der Waals surface area (Å²) < 4.78 is 13.0. The van der Waals surface area contributed by atoms with Crippen LogP contribution in [0.15, 0.2) is 54.6 Å². The Morgan fingerprint density at radius 2 is 1.90 bits per heavy atom. The first kappa shape index (κ1) is 14.2. The molecule has 0 heterocycles. The highest BCUT2D eigenvalue weighted by molar-refractivity contribution is 5.92. The summed E-state index contributed by atoms with van der Waals surface area (Å²) >= 11 is 0. The second kappa shape index (κ2) is 6.82. The monoisotopic (exact) mass is 272 g/mol. The fourth-order valence-corrected chi connectivity index (χ4v) is 1.88. The van der Waals surface area contributed by atoms with Crippen LogP contribution in [-0.2, 0) is 4.79 Å². The number of benzene rings is 2. The molecule has 0 aromatic heterocycles. The topological polar surface area (TPSA) is 41.1 Å². The van der Waals surface area contributed by atoms with Crippen LogP contribution in [0.4, 0.5) is 10.1 Å². The van der Waals surface area contributed by atoms with Crippen LogP contribution < -0.4 is 10.6 Å². The lowest BCUT2D eigenvalue weighted by atomic mass is 10.1. The number of nitrogens with one attached hydrogen (secondary N) is 2. The minimum atomic E-state index is -0.367. The number of carbonyl (C=O) groups is 1. The smallest absolute Gasteiger partial charge is 0.238 e. The van der Waals surface area contributed by atoms with Gasteiger partial charge in [-0.1, -0.05) is 36.4 Å². The van der Waals surface area contributed by atoms with Gasteiger partial charge in [0.1, 0.15) is 5.82 Å². The summed E-state index contributed by atoms with van der Waals surface area (Å²) in [5, 5.41) is 5.78. The zero-order valence-corrected chi connectivity index (χ0v) is 11.3. The molecule has 1 amide bonds. The lowest BCUT2D eigenvalue weighted by Crippen LogP contribution is -2.30. The van der Waals surface area contributed by atoms with E-state index in [9.17, 15) is 9.18 Å². The van der Waals surface area contributed by atoms with E-state index in [1.807, 2.05) is 37.3 Å². The molecule has 2 N–H and O–H groups in total. The predicted octanol–water partition coefficient (Wildman–Crippen LogP) is 3.12. The summed E-state index contributed by atoms with van der Waals surface area (Å²) in [4.78, 5) is 11.8. The van der Waals surface area contributed by atoms with E-state index in [1.165, 1.54) is 12.1 Å². The third kappa shape index (κ3) is 4.17. The molecule has 0 saturated carbocycles. The molecule has 0 fully saturated rings. The standard InChI is InChI=1S/C16H17FN2O/c1-12(13-6-3-2-4-7-13)18-11-16(20)19-15-9-5-8-14(17)10-15/h2-10,12,18H,11H2,1H3,(H,19,20)/t12-/m1/s1. The SMILES string of the molecule is C[C@@H](NCC(=O)Nc1cccc(F)c1)c1ccccc1. The Balaban J connectivity index is 1.83. The van der Waals surface area contributed by atoms with Gasteiger partial charge < -0.3 is 10.6 Å². The third-order valence-electron chi connectivity index (χ3n) is 2.98. The first-order chi connectivity index (χ1) is 9.65. The summed E-state index contributed by atoms with van der Waals surface area (Å²) in [6, 6.07) is 15.8. The Morgan fingerprint density at radius 3 is 2.60 bits per heavy atom. The van der Waals surface area contributed by atoms with Crippen molar-refractivity contribution in [2.45, 2.75) is 13.0 Å². The molecule has 3 nitrogen and oxygen atoms in total. The second-order valence-corrected chi connectivity index (χ2v) is 4.57. The van der Waals surface area contributed by atoms with E-state index in [0.29, 0.717) is 5.69 Å². The highest BCUT2D eigenvalue weighted by atomic mass is 19.1. The summed E-state index contributed by atoms with van der Waals surface area (Å²) in [7, 11) is 0. The maximum atomic E-state index is 13.0. The highest BCUT2D eigenvalue weighted by Gasteiger charge is 2.07. The third-order valence-corrected chi connectivity index (χ3v) is 2.98. The van der Waals surface area contributed by atoms with Crippen molar-refractivity contribution >= 4 is 11.6 Å². The van der Waals surface area contributed by atoms with Crippen molar-refractivity contribution in [2.75, 3.05) is 11.9 Å². The van der Waals surface area contributed by atoms with Gasteiger partial charge in [0.2, 0.25) is 5.91 Å². The number of hydrogen-bond donors (Lipinski definition) is 2. The Hall–Kier alpha value is -2.20.